The molecule has 7 nitrogen and oxygen atoms in total. The van der Waals surface area contributed by atoms with Gasteiger partial charge in [-0.25, -0.2) is 0 Å². The molecular formula is C19H25N3O4. The lowest BCUT2D eigenvalue weighted by atomic mass is 9.96. The fraction of sp³-hybridized carbons (Fsp3) is 0.474. The number of methoxy groups -OCH3 is 2. The first-order chi connectivity index (χ1) is 12.5. The van der Waals surface area contributed by atoms with Crippen LogP contribution in [0.15, 0.2) is 24.4 Å². The first-order valence-electron chi connectivity index (χ1n) is 8.74. The summed E-state index contributed by atoms with van der Waals surface area (Å²) in [6, 6.07) is 5.25. The molecular weight excluding hydrogens is 334 g/mol. The van der Waals surface area contributed by atoms with Crippen LogP contribution in [-0.4, -0.2) is 41.1 Å². The van der Waals surface area contributed by atoms with Crippen molar-refractivity contribution in [3.05, 3.63) is 41.2 Å². The van der Waals surface area contributed by atoms with Gasteiger partial charge in [0.25, 0.3) is 0 Å². The summed E-state index contributed by atoms with van der Waals surface area (Å²) in [5.74, 6) is 1.25. The van der Waals surface area contributed by atoms with Gasteiger partial charge in [0.15, 0.2) is 0 Å². The van der Waals surface area contributed by atoms with Crippen molar-refractivity contribution >= 4 is 5.91 Å². The van der Waals surface area contributed by atoms with Crippen LogP contribution in [0.4, 0.5) is 0 Å². The van der Waals surface area contributed by atoms with Crippen molar-refractivity contribution in [1.82, 2.24) is 15.1 Å². The van der Waals surface area contributed by atoms with E-state index in [1.165, 1.54) is 0 Å². The summed E-state index contributed by atoms with van der Waals surface area (Å²) >= 11 is 0. The highest BCUT2D eigenvalue weighted by molar-refractivity contribution is 5.76. The van der Waals surface area contributed by atoms with Crippen LogP contribution in [0.25, 0.3) is 0 Å². The Kier molecular flexibility index (Phi) is 5.46. The largest absolute Gasteiger partial charge is 0.497 e. The molecule has 140 valence electrons. The van der Waals surface area contributed by atoms with Crippen LogP contribution in [0.3, 0.4) is 0 Å². The molecule has 7 heteroatoms. The van der Waals surface area contributed by atoms with E-state index >= 15 is 0 Å². The van der Waals surface area contributed by atoms with E-state index < -0.39 is 0 Å². The summed E-state index contributed by atoms with van der Waals surface area (Å²) in [6.45, 7) is 2.02. The molecule has 26 heavy (non-hydrogen) atoms. The Hall–Kier alpha value is -2.54. The van der Waals surface area contributed by atoms with E-state index in [0.717, 1.165) is 29.7 Å². The van der Waals surface area contributed by atoms with E-state index in [9.17, 15) is 9.90 Å². The number of aliphatic hydroxyl groups is 1. The van der Waals surface area contributed by atoms with E-state index in [4.69, 9.17) is 9.47 Å². The number of carbonyl (C=O) groups is 1. The van der Waals surface area contributed by atoms with Crippen LogP contribution < -0.4 is 14.8 Å². The van der Waals surface area contributed by atoms with E-state index in [-0.39, 0.29) is 24.6 Å². The number of nitrogens with one attached hydrogen (secondary N) is 1. The lowest BCUT2D eigenvalue weighted by molar-refractivity contribution is -0.122. The highest BCUT2D eigenvalue weighted by Crippen LogP contribution is 2.29. The molecule has 0 radical (unpaired) electrons. The van der Waals surface area contributed by atoms with Crippen LogP contribution in [0.2, 0.25) is 0 Å². The first-order valence-corrected chi connectivity index (χ1v) is 8.74. The molecule has 0 spiro atoms. The van der Waals surface area contributed by atoms with Gasteiger partial charge in [-0.2, -0.15) is 5.10 Å². The first kappa shape index (κ1) is 18.3. The molecule has 2 aromatic rings. The molecule has 1 amide bonds. The number of fused-ring (bicyclic) bond motifs is 1. The van der Waals surface area contributed by atoms with Gasteiger partial charge >= 0.3 is 0 Å². The van der Waals surface area contributed by atoms with Gasteiger partial charge in [0.05, 0.1) is 32.6 Å². The number of nitrogens with zero attached hydrogens (tertiary/aromatic N) is 2. The zero-order chi connectivity index (χ0) is 18.7. The molecule has 2 unspecified atom stereocenters. The zero-order valence-electron chi connectivity index (χ0n) is 15.4. The Balaban J connectivity index is 1.70. The average molecular weight is 359 g/mol. The molecule has 3 rings (SSSR count). The van der Waals surface area contributed by atoms with Gasteiger partial charge in [0.1, 0.15) is 18.0 Å². The van der Waals surface area contributed by atoms with Crippen molar-refractivity contribution < 1.29 is 19.4 Å². The van der Waals surface area contributed by atoms with Crippen LogP contribution in [0, 0.1) is 0 Å². The van der Waals surface area contributed by atoms with Crippen molar-refractivity contribution in [2.75, 3.05) is 14.2 Å². The van der Waals surface area contributed by atoms with Crippen molar-refractivity contribution in [2.24, 2.45) is 0 Å². The number of hydrogen-bond acceptors (Lipinski definition) is 5. The minimum atomic E-state index is -0.360. The van der Waals surface area contributed by atoms with Crippen molar-refractivity contribution in [1.29, 1.82) is 0 Å². The second kappa shape index (κ2) is 7.78. The van der Waals surface area contributed by atoms with E-state index in [0.29, 0.717) is 17.9 Å². The molecule has 1 aliphatic carbocycles. The molecule has 1 aliphatic rings. The normalized spacial score (nSPS) is 17.3. The summed E-state index contributed by atoms with van der Waals surface area (Å²) < 4.78 is 12.3. The van der Waals surface area contributed by atoms with E-state index in [1.807, 2.05) is 25.1 Å². The van der Waals surface area contributed by atoms with Crippen molar-refractivity contribution in [3.63, 3.8) is 0 Å². The monoisotopic (exact) mass is 359 g/mol. The Bertz CT molecular complexity index is 787. The number of aromatic nitrogens is 2. The summed E-state index contributed by atoms with van der Waals surface area (Å²) in [6.07, 6.45) is 3.53. The number of benzene rings is 1. The van der Waals surface area contributed by atoms with Crippen molar-refractivity contribution in [3.8, 4) is 11.5 Å². The van der Waals surface area contributed by atoms with E-state index in [1.54, 1.807) is 25.1 Å². The highest BCUT2D eigenvalue weighted by Gasteiger charge is 2.22. The van der Waals surface area contributed by atoms with Crippen LogP contribution >= 0.6 is 0 Å². The third-order valence-electron chi connectivity index (χ3n) is 4.79. The summed E-state index contributed by atoms with van der Waals surface area (Å²) in [5.41, 5.74) is 2.91. The number of carbonyl (C=O) groups excluding carboxylic acids is 1. The number of aryl methyl sites for hydroxylation is 1. The van der Waals surface area contributed by atoms with Gasteiger partial charge in [-0.1, -0.05) is 0 Å². The molecule has 2 N–H and O–H groups in total. The molecule has 1 aromatic carbocycles. The van der Waals surface area contributed by atoms with Gasteiger partial charge in [-0.3, -0.25) is 9.48 Å². The molecule has 0 saturated carbocycles. The molecule has 2 atom stereocenters. The van der Waals surface area contributed by atoms with Crippen LogP contribution in [0.5, 0.6) is 11.5 Å². The third-order valence-corrected chi connectivity index (χ3v) is 4.79. The number of amides is 1. The Morgan fingerprint density at radius 2 is 2.23 bits per heavy atom. The number of aliphatic hydroxyl groups excluding tert-OH is 1. The maximum atomic E-state index is 12.5. The quantitative estimate of drug-likeness (QED) is 0.819. The highest BCUT2D eigenvalue weighted by atomic mass is 16.5. The molecule has 0 aliphatic heterocycles. The number of rotatable bonds is 6. The fourth-order valence-electron chi connectivity index (χ4n) is 3.36. The molecule has 0 fully saturated rings. The molecule has 1 heterocycles. The van der Waals surface area contributed by atoms with Crippen molar-refractivity contribution in [2.45, 2.75) is 44.9 Å². The minimum Gasteiger partial charge on any atom is -0.497 e. The van der Waals surface area contributed by atoms with Gasteiger partial charge in [-0.05, 0) is 43.5 Å². The van der Waals surface area contributed by atoms with E-state index in [2.05, 4.69) is 10.4 Å². The number of ether oxygens (including phenoxy) is 2. The van der Waals surface area contributed by atoms with Gasteiger partial charge in [0, 0.05) is 17.7 Å². The summed E-state index contributed by atoms with van der Waals surface area (Å²) in [5, 5.41) is 17.2. The second-order valence-electron chi connectivity index (χ2n) is 6.57. The molecule has 1 aromatic heterocycles. The predicted molar refractivity (Wildman–Crippen MR) is 96.4 cm³/mol. The van der Waals surface area contributed by atoms with Gasteiger partial charge in [-0.15, -0.1) is 0 Å². The summed E-state index contributed by atoms with van der Waals surface area (Å²) in [7, 11) is 3.20. The Labute approximate surface area is 152 Å². The average Bonchev–Trinajstić information content (AvgIpc) is 3.02. The smallest absolute Gasteiger partial charge is 0.242 e. The Morgan fingerprint density at radius 3 is 2.96 bits per heavy atom. The standard InChI is InChI=1S/C19H25N3O4/c1-12(16-9-15(25-2)6-7-18(16)26-3)21-19(24)11-22-17-8-14(23)5-4-13(17)10-20-22/h6-7,9-10,12,14,23H,4-5,8,11H2,1-3H3,(H,21,24). The Morgan fingerprint density at radius 1 is 1.42 bits per heavy atom. The molecule has 0 saturated heterocycles. The number of hydrogen-bond donors (Lipinski definition) is 2. The zero-order valence-corrected chi connectivity index (χ0v) is 15.4. The summed E-state index contributed by atoms with van der Waals surface area (Å²) in [4.78, 5) is 12.5. The SMILES string of the molecule is COc1ccc(OC)c(C(C)NC(=O)Cn2ncc3c2CC(O)CC3)c1. The minimum absolute atomic E-state index is 0.124. The topological polar surface area (TPSA) is 85.6 Å². The lowest BCUT2D eigenvalue weighted by Crippen LogP contribution is -2.32. The van der Waals surface area contributed by atoms with Crippen LogP contribution in [-0.2, 0) is 24.2 Å². The van der Waals surface area contributed by atoms with Gasteiger partial charge in [0.2, 0.25) is 5.91 Å². The van der Waals surface area contributed by atoms with Gasteiger partial charge < -0.3 is 19.9 Å². The second-order valence-corrected chi connectivity index (χ2v) is 6.57. The molecule has 0 bridgehead atoms. The lowest BCUT2D eigenvalue weighted by Gasteiger charge is -2.20. The maximum absolute atomic E-state index is 12.5. The predicted octanol–water partition coefficient (Wildman–Crippen LogP) is 1.63. The fourth-order valence-corrected chi connectivity index (χ4v) is 3.36. The maximum Gasteiger partial charge on any atom is 0.242 e. The third kappa shape index (κ3) is 3.83. The van der Waals surface area contributed by atoms with Crippen LogP contribution in [0.1, 0.15) is 36.2 Å².